The van der Waals surface area contributed by atoms with Gasteiger partial charge in [0.15, 0.2) is 12.0 Å². The van der Waals surface area contributed by atoms with E-state index in [1.807, 2.05) is 31.2 Å². The molecule has 0 N–H and O–H groups in total. The van der Waals surface area contributed by atoms with Crippen LogP contribution in [-0.4, -0.2) is 31.1 Å². The van der Waals surface area contributed by atoms with Gasteiger partial charge in [-0.05, 0) is 75.0 Å². The van der Waals surface area contributed by atoms with Gasteiger partial charge in [0, 0.05) is 0 Å². The first kappa shape index (κ1) is 23.2. The molecule has 1 saturated carbocycles. The number of hydrogen-bond donors (Lipinski definition) is 0. The summed E-state index contributed by atoms with van der Waals surface area (Å²) in [5.74, 6) is 1.09. The number of aryl methyl sites for hydroxylation is 1. The van der Waals surface area contributed by atoms with Crippen molar-refractivity contribution in [2.75, 3.05) is 13.2 Å². The van der Waals surface area contributed by atoms with Crippen LogP contribution in [0.4, 0.5) is 4.39 Å². The van der Waals surface area contributed by atoms with Crippen LogP contribution in [0.1, 0.15) is 77.2 Å². The lowest BCUT2D eigenvalue weighted by atomic mass is 9.80. The summed E-state index contributed by atoms with van der Waals surface area (Å²) in [6, 6.07) is 7.86. The molecule has 2 fully saturated rings. The maximum Gasteiger partial charge on any atom is 0.314 e. The van der Waals surface area contributed by atoms with Crippen LogP contribution < -0.4 is 4.74 Å². The highest BCUT2D eigenvalue weighted by molar-refractivity contribution is 5.75. The number of carbonyl (C=O) groups is 1. The molecule has 0 atom stereocenters. The van der Waals surface area contributed by atoms with Gasteiger partial charge in [0.05, 0.1) is 19.1 Å². The summed E-state index contributed by atoms with van der Waals surface area (Å²) < 4.78 is 31.2. The molecule has 168 valence electrons. The van der Waals surface area contributed by atoms with Crippen molar-refractivity contribution in [1.29, 1.82) is 0 Å². The Balaban J connectivity index is 1.34. The average molecular weight is 421 g/mol. The Morgan fingerprint density at radius 3 is 2.30 bits per heavy atom. The molecule has 0 aromatic heterocycles. The van der Waals surface area contributed by atoms with Gasteiger partial charge in [-0.1, -0.05) is 38.8 Å². The lowest BCUT2D eigenvalue weighted by Crippen LogP contribution is -2.44. The van der Waals surface area contributed by atoms with Crippen LogP contribution in [0.5, 0.6) is 5.75 Å². The molecule has 1 saturated heterocycles. The molecule has 0 bridgehead atoms. The fourth-order valence-electron chi connectivity index (χ4n) is 4.60. The molecule has 0 spiro atoms. The molecule has 1 aromatic carbocycles. The predicted octanol–water partition coefficient (Wildman–Crippen LogP) is 6.01. The molecule has 0 unspecified atom stereocenters. The Bertz CT molecular complexity index is 644. The van der Waals surface area contributed by atoms with Gasteiger partial charge in [-0.25, -0.2) is 4.39 Å². The quantitative estimate of drug-likeness (QED) is 0.362. The van der Waals surface area contributed by atoms with E-state index in [1.54, 1.807) is 0 Å². The van der Waals surface area contributed by atoms with Crippen LogP contribution in [0, 0.1) is 11.8 Å². The molecule has 0 radical (unpaired) electrons. The summed E-state index contributed by atoms with van der Waals surface area (Å²) in [6.07, 6.45) is 8.72. The number of carbonyl (C=O) groups excluding carboxylic acids is 1. The smallest absolute Gasteiger partial charge is 0.314 e. The second-order valence-electron chi connectivity index (χ2n) is 9.06. The van der Waals surface area contributed by atoms with E-state index in [9.17, 15) is 9.18 Å². The van der Waals surface area contributed by atoms with E-state index in [4.69, 9.17) is 14.2 Å². The minimum absolute atomic E-state index is 0.0139. The summed E-state index contributed by atoms with van der Waals surface area (Å²) in [6.45, 7) is 4.41. The third-order valence-electron chi connectivity index (χ3n) is 6.43. The Kier molecular flexibility index (Phi) is 8.70. The summed E-state index contributed by atoms with van der Waals surface area (Å²) in [5.41, 5.74) is -0.0497. The maximum absolute atomic E-state index is 14.4. The molecule has 3 rings (SSSR count). The SMILES string of the molecule is CCCc1ccc(OC(=O)C2CCC(CCC3OCC(F)(CCC)CO3)CC2)cc1. The summed E-state index contributed by atoms with van der Waals surface area (Å²) in [4.78, 5) is 12.5. The number of rotatable bonds is 9. The predicted molar refractivity (Wildman–Crippen MR) is 115 cm³/mol. The maximum atomic E-state index is 14.4. The molecule has 1 heterocycles. The first-order valence-electron chi connectivity index (χ1n) is 11.7. The second-order valence-corrected chi connectivity index (χ2v) is 9.06. The molecule has 1 aliphatic carbocycles. The normalized spacial score (nSPS) is 29.5. The Labute approximate surface area is 180 Å². The third kappa shape index (κ3) is 6.78. The lowest BCUT2D eigenvalue weighted by molar-refractivity contribution is -0.237. The van der Waals surface area contributed by atoms with E-state index in [1.165, 1.54) is 5.56 Å². The minimum Gasteiger partial charge on any atom is -0.426 e. The van der Waals surface area contributed by atoms with E-state index >= 15 is 0 Å². The summed E-state index contributed by atoms with van der Waals surface area (Å²) in [7, 11) is 0. The fourth-order valence-corrected chi connectivity index (χ4v) is 4.60. The first-order chi connectivity index (χ1) is 14.5. The molecule has 1 aromatic rings. The standard InChI is InChI=1S/C25H37FO4/c1-3-5-19-8-13-22(14-9-19)30-24(27)21-11-6-20(7-12-21)10-15-23-28-17-25(26,16-4-2)18-29-23/h8-9,13-14,20-21,23H,3-7,10-12,15-18H2,1-2H3. The van der Waals surface area contributed by atoms with Crippen molar-refractivity contribution in [3.8, 4) is 5.75 Å². The number of ether oxygens (including phenoxy) is 3. The third-order valence-corrected chi connectivity index (χ3v) is 6.43. The zero-order valence-corrected chi connectivity index (χ0v) is 18.5. The summed E-state index contributed by atoms with van der Waals surface area (Å²) >= 11 is 0. The lowest BCUT2D eigenvalue weighted by Gasteiger charge is -2.35. The van der Waals surface area contributed by atoms with Crippen molar-refractivity contribution in [2.24, 2.45) is 11.8 Å². The van der Waals surface area contributed by atoms with Gasteiger partial charge in [0.1, 0.15) is 5.75 Å². The van der Waals surface area contributed by atoms with Crippen molar-refractivity contribution in [2.45, 2.75) is 90.0 Å². The highest BCUT2D eigenvalue weighted by atomic mass is 19.1. The second kappa shape index (κ2) is 11.2. The zero-order chi connectivity index (χ0) is 21.4. The number of halogens is 1. The molecule has 0 amide bonds. The number of alkyl halides is 1. The highest BCUT2D eigenvalue weighted by Crippen LogP contribution is 2.34. The number of esters is 1. The van der Waals surface area contributed by atoms with Crippen LogP contribution in [0.25, 0.3) is 0 Å². The van der Waals surface area contributed by atoms with Crippen LogP contribution in [0.2, 0.25) is 0 Å². The monoisotopic (exact) mass is 420 g/mol. The molecular formula is C25H37FO4. The molecule has 30 heavy (non-hydrogen) atoms. The Morgan fingerprint density at radius 1 is 1.03 bits per heavy atom. The van der Waals surface area contributed by atoms with Gasteiger partial charge in [0.25, 0.3) is 0 Å². The van der Waals surface area contributed by atoms with E-state index in [0.717, 1.165) is 57.8 Å². The zero-order valence-electron chi connectivity index (χ0n) is 18.5. The van der Waals surface area contributed by atoms with E-state index < -0.39 is 5.67 Å². The Morgan fingerprint density at radius 2 is 1.70 bits per heavy atom. The van der Waals surface area contributed by atoms with Crippen molar-refractivity contribution in [3.05, 3.63) is 29.8 Å². The van der Waals surface area contributed by atoms with Gasteiger partial charge in [-0.2, -0.15) is 0 Å². The van der Waals surface area contributed by atoms with Gasteiger partial charge < -0.3 is 14.2 Å². The van der Waals surface area contributed by atoms with Gasteiger partial charge in [0.2, 0.25) is 0 Å². The molecule has 5 heteroatoms. The van der Waals surface area contributed by atoms with Crippen molar-refractivity contribution in [1.82, 2.24) is 0 Å². The van der Waals surface area contributed by atoms with Crippen LogP contribution in [-0.2, 0) is 20.7 Å². The molecule has 2 aliphatic rings. The number of benzene rings is 1. The largest absolute Gasteiger partial charge is 0.426 e. The molecule has 1 aliphatic heterocycles. The van der Waals surface area contributed by atoms with Gasteiger partial charge in [-0.3, -0.25) is 4.79 Å². The van der Waals surface area contributed by atoms with Crippen molar-refractivity contribution < 1.29 is 23.4 Å². The topological polar surface area (TPSA) is 44.8 Å². The summed E-state index contributed by atoms with van der Waals surface area (Å²) in [5, 5.41) is 0. The van der Waals surface area contributed by atoms with E-state index in [2.05, 4.69) is 6.92 Å². The van der Waals surface area contributed by atoms with Crippen LogP contribution in [0.15, 0.2) is 24.3 Å². The first-order valence-corrected chi connectivity index (χ1v) is 11.7. The van der Waals surface area contributed by atoms with Crippen LogP contribution >= 0.6 is 0 Å². The van der Waals surface area contributed by atoms with Crippen molar-refractivity contribution >= 4 is 5.97 Å². The average Bonchev–Trinajstić information content (AvgIpc) is 2.75. The molecule has 4 nitrogen and oxygen atoms in total. The Hall–Kier alpha value is -1.46. The number of hydrogen-bond acceptors (Lipinski definition) is 4. The van der Waals surface area contributed by atoms with Gasteiger partial charge in [-0.15, -0.1) is 0 Å². The van der Waals surface area contributed by atoms with Crippen LogP contribution in [0.3, 0.4) is 0 Å². The minimum atomic E-state index is -1.32. The van der Waals surface area contributed by atoms with Gasteiger partial charge >= 0.3 is 5.97 Å². The van der Waals surface area contributed by atoms with Crippen molar-refractivity contribution in [3.63, 3.8) is 0 Å². The molecular weight excluding hydrogens is 383 g/mol. The van der Waals surface area contributed by atoms with E-state index in [0.29, 0.717) is 18.1 Å². The highest BCUT2D eigenvalue weighted by Gasteiger charge is 2.36. The van der Waals surface area contributed by atoms with E-state index in [-0.39, 0.29) is 31.4 Å². The fraction of sp³-hybridized carbons (Fsp3) is 0.720.